The first-order valence-corrected chi connectivity index (χ1v) is 16.5. The maximum atomic E-state index is 14.2. The van der Waals surface area contributed by atoms with Gasteiger partial charge in [0.25, 0.3) is 10.0 Å². The van der Waals surface area contributed by atoms with Crippen molar-refractivity contribution in [2.75, 3.05) is 26.3 Å². The van der Waals surface area contributed by atoms with E-state index in [1.807, 2.05) is 37.3 Å². The lowest BCUT2D eigenvalue weighted by molar-refractivity contribution is -0.0389. The number of hydrogen-bond donors (Lipinski definition) is 1. The number of aromatic nitrogens is 3. The molecule has 0 atom stereocenters. The van der Waals surface area contributed by atoms with Gasteiger partial charge in [0.2, 0.25) is 0 Å². The van der Waals surface area contributed by atoms with Crippen LogP contribution in [0.2, 0.25) is 0 Å². The van der Waals surface area contributed by atoms with Crippen molar-refractivity contribution in [2.45, 2.75) is 43.2 Å². The van der Waals surface area contributed by atoms with Gasteiger partial charge in [-0.15, -0.1) is 11.3 Å². The third-order valence-corrected chi connectivity index (χ3v) is 11.3. The fourth-order valence-electron chi connectivity index (χ4n) is 5.77. The number of aryl methyl sites for hydroxylation is 1. The molecule has 3 aromatic heterocycles. The van der Waals surface area contributed by atoms with Gasteiger partial charge >= 0.3 is 0 Å². The van der Waals surface area contributed by atoms with E-state index < -0.39 is 15.6 Å². The summed E-state index contributed by atoms with van der Waals surface area (Å²) in [5.41, 5.74) is 4.03. The molecule has 1 aliphatic carbocycles. The normalized spacial score (nSPS) is 17.4. The number of pyridine rings is 1. The summed E-state index contributed by atoms with van der Waals surface area (Å²) in [6.45, 7) is 6.13. The molecular weight excluding hydrogens is 569 g/mol. The van der Waals surface area contributed by atoms with Crippen molar-refractivity contribution in [1.82, 2.24) is 18.8 Å². The molecule has 42 heavy (non-hydrogen) atoms. The second-order valence-electron chi connectivity index (χ2n) is 11.2. The van der Waals surface area contributed by atoms with Gasteiger partial charge in [-0.05, 0) is 55.5 Å². The minimum absolute atomic E-state index is 0.228. The van der Waals surface area contributed by atoms with Crippen molar-refractivity contribution in [3.8, 4) is 21.6 Å². The number of morpholine rings is 1. The maximum absolute atomic E-state index is 14.2. The number of nitrogens with zero attached hydrogens (tertiary/aromatic N) is 4. The molecule has 10 heteroatoms. The molecule has 2 aromatic carbocycles. The molecule has 1 saturated carbocycles. The second-order valence-corrected chi connectivity index (χ2v) is 14.0. The topological polar surface area (TPSA) is 97.5 Å². The molecule has 0 spiro atoms. The largest absolute Gasteiger partial charge is 0.383 e. The van der Waals surface area contributed by atoms with E-state index in [1.54, 1.807) is 30.7 Å². The molecule has 2 aliphatic rings. The molecule has 216 valence electrons. The lowest BCUT2D eigenvalue weighted by Crippen LogP contribution is -2.35. The molecule has 0 radical (unpaired) electrons. The van der Waals surface area contributed by atoms with E-state index in [4.69, 9.17) is 4.74 Å². The van der Waals surface area contributed by atoms with Crippen molar-refractivity contribution in [2.24, 2.45) is 0 Å². The van der Waals surface area contributed by atoms with Gasteiger partial charge < -0.3 is 9.84 Å². The number of ether oxygens (including phenoxy) is 1. The average Bonchev–Trinajstić information content (AvgIpc) is 3.65. The Hall–Kier alpha value is -3.41. The Balaban J connectivity index is 1.24. The van der Waals surface area contributed by atoms with Crippen molar-refractivity contribution in [3.63, 3.8) is 0 Å². The van der Waals surface area contributed by atoms with E-state index in [9.17, 15) is 13.5 Å². The Morgan fingerprint density at radius 1 is 1.00 bits per heavy atom. The maximum Gasteiger partial charge on any atom is 0.269 e. The third kappa shape index (κ3) is 4.87. The fraction of sp³-hybridized carbons (Fsp3) is 0.312. The van der Waals surface area contributed by atoms with Crippen molar-refractivity contribution in [1.29, 1.82) is 0 Å². The van der Waals surface area contributed by atoms with Gasteiger partial charge in [0.15, 0.2) is 5.65 Å². The zero-order valence-electron chi connectivity index (χ0n) is 23.4. The SMILES string of the molecule is Cc1ccc(S(=O)(=O)n2ccc3c(-c4cnc(C5(O)CCC5)s4)ccnc32)c(-c2ccc(CN3CCOCC3)cc2)c1. The zero-order valence-corrected chi connectivity index (χ0v) is 25.0. The quantitative estimate of drug-likeness (QED) is 0.261. The van der Waals surface area contributed by atoms with Crippen LogP contribution in [0.4, 0.5) is 0 Å². The first-order chi connectivity index (χ1) is 20.3. The molecule has 2 fully saturated rings. The highest BCUT2D eigenvalue weighted by Gasteiger charge is 2.39. The molecule has 8 nitrogen and oxygen atoms in total. The Kier molecular flexibility index (Phi) is 6.99. The van der Waals surface area contributed by atoms with Gasteiger partial charge in [0.05, 0.1) is 23.0 Å². The second kappa shape index (κ2) is 10.7. The monoisotopic (exact) mass is 600 g/mol. The minimum Gasteiger partial charge on any atom is -0.383 e. The van der Waals surface area contributed by atoms with Gasteiger partial charge in [0.1, 0.15) is 10.6 Å². The highest BCUT2D eigenvalue weighted by Crippen LogP contribution is 2.45. The standard InChI is InChI=1S/C32H32N4O4S2/c1-22-3-8-29(27(19-22)24-6-4-23(5-7-24)21-35-15-17-40-18-16-35)42(38,39)36-14-10-26-25(9-13-33-30(26)36)28-20-34-31(41-28)32(37)11-2-12-32/h3-10,13-14,19-20,37H,2,11-12,15-18,21H2,1H3. The number of rotatable bonds is 7. The van der Waals surface area contributed by atoms with Gasteiger partial charge in [0, 0.05) is 54.7 Å². The fourth-order valence-corrected chi connectivity index (χ4v) is 8.37. The first kappa shape index (κ1) is 27.4. The van der Waals surface area contributed by atoms with Gasteiger partial charge in [-0.2, -0.15) is 0 Å². The van der Waals surface area contributed by atoms with Crippen LogP contribution in [0.25, 0.3) is 32.6 Å². The highest BCUT2D eigenvalue weighted by atomic mass is 32.2. The van der Waals surface area contributed by atoms with E-state index in [0.29, 0.717) is 16.2 Å². The molecule has 5 aromatic rings. The van der Waals surface area contributed by atoms with Crippen LogP contribution in [0.1, 0.15) is 35.4 Å². The van der Waals surface area contributed by atoms with Crippen molar-refractivity contribution >= 4 is 32.4 Å². The lowest BCUT2D eigenvalue weighted by atomic mass is 9.81. The van der Waals surface area contributed by atoms with Gasteiger partial charge in [-0.25, -0.2) is 22.4 Å². The van der Waals surface area contributed by atoms with E-state index in [-0.39, 0.29) is 4.90 Å². The van der Waals surface area contributed by atoms with Crippen LogP contribution < -0.4 is 0 Å². The van der Waals surface area contributed by atoms with Crippen LogP contribution in [0.15, 0.2) is 78.1 Å². The average molecular weight is 601 g/mol. The lowest BCUT2D eigenvalue weighted by Gasteiger charge is -2.34. The summed E-state index contributed by atoms with van der Waals surface area (Å²) in [7, 11) is -3.98. The number of hydrogen-bond acceptors (Lipinski definition) is 8. The van der Waals surface area contributed by atoms with Gasteiger partial charge in [-0.1, -0.05) is 42.0 Å². The first-order valence-electron chi connectivity index (χ1n) is 14.2. The van der Waals surface area contributed by atoms with E-state index in [1.165, 1.54) is 20.9 Å². The van der Waals surface area contributed by atoms with Crippen LogP contribution in [-0.2, 0) is 26.9 Å². The van der Waals surface area contributed by atoms with E-state index in [2.05, 4.69) is 27.0 Å². The predicted molar refractivity (Wildman–Crippen MR) is 164 cm³/mol. The van der Waals surface area contributed by atoms with Crippen LogP contribution in [0.5, 0.6) is 0 Å². The summed E-state index contributed by atoms with van der Waals surface area (Å²) >= 11 is 1.45. The molecule has 4 heterocycles. The van der Waals surface area contributed by atoms with E-state index in [0.717, 1.165) is 79.1 Å². The minimum atomic E-state index is -3.98. The molecule has 0 unspecified atom stereocenters. The molecule has 1 aliphatic heterocycles. The molecule has 0 bridgehead atoms. The Morgan fingerprint density at radius 2 is 1.79 bits per heavy atom. The summed E-state index contributed by atoms with van der Waals surface area (Å²) in [5.74, 6) is 0. The molecule has 1 N–H and O–H groups in total. The van der Waals surface area contributed by atoms with Crippen LogP contribution in [-0.4, -0.2) is 58.7 Å². The summed E-state index contributed by atoms with van der Waals surface area (Å²) in [5, 5.41) is 12.2. The van der Waals surface area contributed by atoms with Crippen molar-refractivity contribution in [3.05, 3.63) is 89.3 Å². The Bertz CT molecular complexity index is 1870. The zero-order chi connectivity index (χ0) is 28.9. The Morgan fingerprint density at radius 3 is 2.52 bits per heavy atom. The van der Waals surface area contributed by atoms with Crippen LogP contribution in [0.3, 0.4) is 0 Å². The Labute approximate surface area is 249 Å². The number of fused-ring (bicyclic) bond motifs is 1. The summed E-state index contributed by atoms with van der Waals surface area (Å²) < 4.78 is 35.2. The molecule has 1 saturated heterocycles. The molecule has 0 amide bonds. The molecular formula is C32H32N4O4S2. The van der Waals surface area contributed by atoms with Crippen molar-refractivity contribution < 1.29 is 18.3 Å². The van der Waals surface area contributed by atoms with Crippen LogP contribution >= 0.6 is 11.3 Å². The number of thiazole rings is 1. The number of benzene rings is 2. The molecule has 7 rings (SSSR count). The predicted octanol–water partition coefficient (Wildman–Crippen LogP) is 5.58. The van der Waals surface area contributed by atoms with Gasteiger partial charge in [-0.3, -0.25) is 4.90 Å². The smallest absolute Gasteiger partial charge is 0.269 e. The summed E-state index contributed by atoms with van der Waals surface area (Å²) in [4.78, 5) is 12.5. The summed E-state index contributed by atoms with van der Waals surface area (Å²) in [6, 6.07) is 17.3. The van der Waals surface area contributed by atoms with E-state index >= 15 is 0 Å². The number of aliphatic hydroxyl groups is 1. The summed E-state index contributed by atoms with van der Waals surface area (Å²) in [6.07, 6.45) is 7.39. The van der Waals surface area contributed by atoms with Crippen LogP contribution in [0, 0.1) is 6.92 Å². The third-order valence-electron chi connectivity index (χ3n) is 8.35. The highest BCUT2D eigenvalue weighted by molar-refractivity contribution is 7.90.